The molecule has 0 unspecified atom stereocenters. The Labute approximate surface area is 154 Å². The molecule has 2 aromatic heterocycles. The maximum Gasteiger partial charge on any atom is 0.237 e. The Morgan fingerprint density at radius 2 is 2.12 bits per heavy atom. The average Bonchev–Trinajstić information content (AvgIpc) is 3.04. The minimum Gasteiger partial charge on any atom is -0.368 e. The van der Waals surface area contributed by atoms with E-state index >= 15 is 0 Å². The predicted molar refractivity (Wildman–Crippen MR) is 101 cm³/mol. The van der Waals surface area contributed by atoms with Crippen molar-refractivity contribution in [2.45, 2.75) is 39.2 Å². The maximum atomic E-state index is 11.3. The lowest BCUT2D eigenvalue weighted by atomic mass is 9.96. The number of anilines is 2. The highest BCUT2D eigenvalue weighted by Gasteiger charge is 2.27. The molecule has 140 valence electrons. The Morgan fingerprint density at radius 1 is 1.35 bits per heavy atom. The second-order valence-corrected chi connectivity index (χ2v) is 7.12. The van der Waals surface area contributed by atoms with Gasteiger partial charge in [0.2, 0.25) is 11.9 Å². The molecule has 2 N–H and O–H groups in total. The fraction of sp³-hybridized carbons (Fsp3) is 0.556. The summed E-state index contributed by atoms with van der Waals surface area (Å²) in [5, 5.41) is 0. The number of carbonyl (C=O) groups excluding carboxylic acids is 1. The summed E-state index contributed by atoms with van der Waals surface area (Å²) in [6.45, 7) is 6.04. The topological polar surface area (TPSA) is 93.2 Å². The van der Waals surface area contributed by atoms with Crippen LogP contribution in [-0.4, -0.2) is 52.6 Å². The molecule has 2 aromatic rings. The van der Waals surface area contributed by atoms with Gasteiger partial charge in [-0.1, -0.05) is 0 Å². The van der Waals surface area contributed by atoms with Crippen molar-refractivity contribution in [3.8, 4) is 0 Å². The van der Waals surface area contributed by atoms with Gasteiger partial charge < -0.3 is 20.1 Å². The van der Waals surface area contributed by atoms with E-state index in [1.165, 1.54) is 0 Å². The number of rotatable bonds is 5. The number of aryl methyl sites for hydroxylation is 1. The first kappa shape index (κ1) is 18.2. The monoisotopic (exact) mass is 357 g/mol. The molecule has 0 radical (unpaired) electrons. The van der Waals surface area contributed by atoms with Crippen LogP contribution in [0.2, 0.25) is 0 Å². The fourth-order valence-corrected chi connectivity index (χ4v) is 3.47. The summed E-state index contributed by atoms with van der Waals surface area (Å²) in [6, 6.07) is 0. The summed E-state index contributed by atoms with van der Waals surface area (Å²) in [4.78, 5) is 29.4. The van der Waals surface area contributed by atoms with Crippen molar-refractivity contribution < 1.29 is 4.79 Å². The van der Waals surface area contributed by atoms with E-state index in [1.807, 2.05) is 36.7 Å². The average molecular weight is 357 g/mol. The SMILES string of the molecule is Cc1nc(N(C)C)nc(N2CCC[C@H](c3nccn3CC(N)=O)C2)c1C. The van der Waals surface area contributed by atoms with Gasteiger partial charge >= 0.3 is 0 Å². The summed E-state index contributed by atoms with van der Waals surface area (Å²) in [5.74, 6) is 2.52. The number of hydrogen-bond donors (Lipinski definition) is 1. The Morgan fingerprint density at radius 3 is 2.81 bits per heavy atom. The number of imidazole rings is 1. The minimum atomic E-state index is -0.352. The molecular weight excluding hydrogens is 330 g/mol. The minimum absolute atomic E-state index is 0.169. The van der Waals surface area contributed by atoms with E-state index in [2.05, 4.69) is 21.8 Å². The van der Waals surface area contributed by atoms with E-state index in [4.69, 9.17) is 10.7 Å². The highest BCUT2D eigenvalue weighted by atomic mass is 16.1. The molecular formula is C18H27N7O. The van der Waals surface area contributed by atoms with Crippen LogP contribution < -0.4 is 15.5 Å². The van der Waals surface area contributed by atoms with Crippen LogP contribution in [0.15, 0.2) is 12.4 Å². The number of amides is 1. The van der Waals surface area contributed by atoms with E-state index in [1.54, 1.807) is 6.20 Å². The molecule has 26 heavy (non-hydrogen) atoms. The van der Waals surface area contributed by atoms with E-state index < -0.39 is 0 Å². The second-order valence-electron chi connectivity index (χ2n) is 7.12. The Kier molecular flexibility index (Phi) is 5.11. The van der Waals surface area contributed by atoms with Crippen LogP contribution in [0, 0.1) is 13.8 Å². The number of primary amides is 1. The molecule has 0 saturated carbocycles. The Hall–Kier alpha value is -2.64. The zero-order valence-electron chi connectivity index (χ0n) is 15.9. The zero-order chi connectivity index (χ0) is 18.8. The molecule has 1 atom stereocenters. The second kappa shape index (κ2) is 7.31. The fourth-order valence-electron chi connectivity index (χ4n) is 3.47. The summed E-state index contributed by atoms with van der Waals surface area (Å²) >= 11 is 0. The third-order valence-corrected chi connectivity index (χ3v) is 4.91. The van der Waals surface area contributed by atoms with Gasteiger partial charge in [-0.3, -0.25) is 4.79 Å². The lowest BCUT2D eigenvalue weighted by Gasteiger charge is -2.34. The molecule has 8 nitrogen and oxygen atoms in total. The number of aromatic nitrogens is 4. The van der Waals surface area contributed by atoms with Gasteiger partial charge in [0, 0.05) is 56.8 Å². The number of hydrogen-bond acceptors (Lipinski definition) is 6. The van der Waals surface area contributed by atoms with Crippen molar-refractivity contribution in [1.82, 2.24) is 19.5 Å². The van der Waals surface area contributed by atoms with E-state index in [0.717, 1.165) is 54.8 Å². The molecule has 1 amide bonds. The number of piperidine rings is 1. The standard InChI is InChI=1S/C18H27N7O/c1-12-13(2)21-18(23(3)4)22-16(12)24-8-5-6-14(10-24)17-20-7-9-25(17)11-15(19)26/h7,9,14H,5-6,8,10-11H2,1-4H3,(H2,19,26)/t14-/m0/s1. The normalized spacial score (nSPS) is 17.4. The smallest absolute Gasteiger partial charge is 0.237 e. The highest BCUT2D eigenvalue weighted by molar-refractivity contribution is 5.73. The van der Waals surface area contributed by atoms with E-state index in [-0.39, 0.29) is 18.4 Å². The summed E-state index contributed by atoms with van der Waals surface area (Å²) < 4.78 is 1.86. The van der Waals surface area contributed by atoms with Crippen LogP contribution >= 0.6 is 0 Å². The lowest BCUT2D eigenvalue weighted by molar-refractivity contribution is -0.118. The summed E-state index contributed by atoms with van der Waals surface area (Å²) in [6.07, 6.45) is 5.65. The first-order chi connectivity index (χ1) is 12.4. The first-order valence-corrected chi connectivity index (χ1v) is 8.93. The van der Waals surface area contributed by atoms with Gasteiger partial charge in [-0.25, -0.2) is 9.97 Å². The zero-order valence-corrected chi connectivity index (χ0v) is 15.9. The van der Waals surface area contributed by atoms with Crippen LogP contribution in [0.4, 0.5) is 11.8 Å². The molecule has 1 aliphatic heterocycles. The third-order valence-electron chi connectivity index (χ3n) is 4.91. The van der Waals surface area contributed by atoms with Crippen LogP contribution in [-0.2, 0) is 11.3 Å². The van der Waals surface area contributed by atoms with Gasteiger partial charge in [-0.2, -0.15) is 4.98 Å². The van der Waals surface area contributed by atoms with Gasteiger partial charge in [0.1, 0.15) is 18.2 Å². The third kappa shape index (κ3) is 3.63. The van der Waals surface area contributed by atoms with Crippen molar-refractivity contribution in [3.63, 3.8) is 0 Å². The van der Waals surface area contributed by atoms with Crippen LogP contribution in [0.5, 0.6) is 0 Å². The van der Waals surface area contributed by atoms with Crippen molar-refractivity contribution in [3.05, 3.63) is 29.5 Å². The Balaban J connectivity index is 1.88. The Bertz CT molecular complexity index is 799. The molecule has 0 aliphatic carbocycles. The van der Waals surface area contributed by atoms with Crippen molar-refractivity contribution in [1.29, 1.82) is 0 Å². The van der Waals surface area contributed by atoms with Crippen molar-refractivity contribution >= 4 is 17.7 Å². The van der Waals surface area contributed by atoms with Crippen molar-refractivity contribution in [2.75, 3.05) is 37.0 Å². The van der Waals surface area contributed by atoms with Gasteiger partial charge in [0.15, 0.2) is 0 Å². The summed E-state index contributed by atoms with van der Waals surface area (Å²) in [5.41, 5.74) is 7.47. The molecule has 1 saturated heterocycles. The van der Waals surface area contributed by atoms with Gasteiger partial charge in [-0.05, 0) is 26.7 Å². The molecule has 0 aromatic carbocycles. The molecule has 0 bridgehead atoms. The van der Waals surface area contributed by atoms with Crippen LogP contribution in [0.25, 0.3) is 0 Å². The molecule has 0 spiro atoms. The highest BCUT2D eigenvalue weighted by Crippen LogP contribution is 2.31. The first-order valence-electron chi connectivity index (χ1n) is 8.93. The molecule has 1 aliphatic rings. The van der Waals surface area contributed by atoms with Crippen molar-refractivity contribution in [2.24, 2.45) is 5.73 Å². The largest absolute Gasteiger partial charge is 0.368 e. The van der Waals surface area contributed by atoms with E-state index in [9.17, 15) is 4.79 Å². The van der Waals surface area contributed by atoms with E-state index in [0.29, 0.717) is 0 Å². The summed E-state index contributed by atoms with van der Waals surface area (Å²) in [7, 11) is 3.90. The van der Waals surface area contributed by atoms with Gasteiger partial charge in [0.05, 0.1) is 0 Å². The molecule has 3 heterocycles. The molecule has 8 heteroatoms. The van der Waals surface area contributed by atoms with Gasteiger partial charge in [-0.15, -0.1) is 0 Å². The number of nitrogens with zero attached hydrogens (tertiary/aromatic N) is 6. The molecule has 1 fully saturated rings. The van der Waals surface area contributed by atoms with Crippen LogP contribution in [0.3, 0.4) is 0 Å². The quantitative estimate of drug-likeness (QED) is 0.865. The maximum absolute atomic E-state index is 11.3. The lowest BCUT2D eigenvalue weighted by Crippen LogP contribution is -2.37. The van der Waals surface area contributed by atoms with Crippen LogP contribution in [0.1, 0.15) is 35.8 Å². The number of carbonyl (C=O) groups is 1. The number of nitrogens with two attached hydrogens (primary N) is 1. The molecule has 3 rings (SSSR count). The van der Waals surface area contributed by atoms with Gasteiger partial charge in [0.25, 0.3) is 0 Å². The predicted octanol–water partition coefficient (Wildman–Crippen LogP) is 1.23.